The summed E-state index contributed by atoms with van der Waals surface area (Å²) in [5.41, 5.74) is 3.30. The monoisotopic (exact) mass is 288 g/mol. The molecule has 0 atom stereocenters. The van der Waals surface area contributed by atoms with E-state index in [0.717, 1.165) is 22.2 Å². The molecule has 1 aliphatic rings. The van der Waals surface area contributed by atoms with Gasteiger partial charge in [-0.1, -0.05) is 12.0 Å². The number of hydrogen-bond donors (Lipinski definition) is 1. The maximum absolute atomic E-state index is 6.11. The van der Waals surface area contributed by atoms with Crippen LogP contribution in [0.15, 0.2) is 12.1 Å². The lowest BCUT2D eigenvalue weighted by Crippen LogP contribution is -2.41. The highest BCUT2D eigenvalue weighted by Gasteiger charge is 2.52. The molecule has 20 heavy (non-hydrogen) atoms. The first-order valence-electron chi connectivity index (χ1n) is 6.78. The average Bonchev–Trinajstić information content (AvgIpc) is 2.58. The molecule has 4 heteroatoms. The Bertz CT molecular complexity index is 557. The van der Waals surface area contributed by atoms with Crippen LogP contribution in [0.5, 0.6) is 0 Å². The molecule has 106 valence electrons. The fraction of sp³-hybridized carbons (Fsp3) is 0.500. The van der Waals surface area contributed by atoms with E-state index >= 15 is 0 Å². The van der Waals surface area contributed by atoms with Crippen molar-refractivity contribution in [1.29, 1.82) is 0 Å². The zero-order valence-corrected chi connectivity index (χ0v) is 13.7. The van der Waals surface area contributed by atoms with E-state index in [0.29, 0.717) is 5.75 Å². The van der Waals surface area contributed by atoms with Gasteiger partial charge < -0.3 is 9.31 Å². The Hall–Kier alpha value is -0.885. The quantitative estimate of drug-likeness (QED) is 0.512. The maximum Gasteiger partial charge on any atom is 0.495 e. The molecular formula is C16H21BO2S. The first-order chi connectivity index (χ1) is 9.21. The number of thiol groups is 1. The molecule has 0 spiro atoms. The summed E-state index contributed by atoms with van der Waals surface area (Å²) in [5.74, 6) is 3.37. The normalized spacial score (nSPS) is 19.9. The van der Waals surface area contributed by atoms with Gasteiger partial charge in [-0.2, -0.15) is 12.6 Å². The molecule has 0 aliphatic carbocycles. The highest BCUT2D eigenvalue weighted by molar-refractivity contribution is 7.79. The van der Waals surface area contributed by atoms with Crippen molar-refractivity contribution >= 4 is 25.2 Å². The molecule has 0 saturated carbocycles. The van der Waals surface area contributed by atoms with Crippen molar-refractivity contribution in [2.75, 3.05) is 0 Å². The molecule has 0 N–H and O–H groups in total. The lowest BCUT2D eigenvalue weighted by molar-refractivity contribution is 0.00578. The second kappa shape index (κ2) is 5.14. The first-order valence-corrected chi connectivity index (χ1v) is 7.41. The van der Waals surface area contributed by atoms with E-state index in [1.54, 1.807) is 0 Å². The molecule has 2 rings (SSSR count). The van der Waals surface area contributed by atoms with Gasteiger partial charge in [0.25, 0.3) is 0 Å². The predicted molar refractivity (Wildman–Crippen MR) is 87.5 cm³/mol. The van der Waals surface area contributed by atoms with Crippen LogP contribution in [-0.4, -0.2) is 18.3 Å². The molecule has 1 saturated heterocycles. The second-order valence-electron chi connectivity index (χ2n) is 6.25. The fourth-order valence-electron chi connectivity index (χ4n) is 2.25. The Morgan fingerprint density at radius 1 is 1.20 bits per heavy atom. The van der Waals surface area contributed by atoms with Crippen LogP contribution in [0.2, 0.25) is 0 Å². The minimum absolute atomic E-state index is 0.350. The molecule has 1 heterocycles. The van der Waals surface area contributed by atoms with E-state index in [2.05, 4.69) is 24.6 Å². The third-order valence-corrected chi connectivity index (χ3v) is 4.72. The Kier molecular flexibility index (Phi) is 3.99. The van der Waals surface area contributed by atoms with E-state index in [9.17, 15) is 0 Å². The third kappa shape index (κ3) is 2.51. The van der Waals surface area contributed by atoms with Crippen molar-refractivity contribution in [3.63, 3.8) is 0 Å². The Labute approximate surface area is 127 Å². The highest BCUT2D eigenvalue weighted by atomic mass is 32.1. The summed E-state index contributed by atoms with van der Waals surface area (Å²) in [6.45, 7) is 10.2. The Morgan fingerprint density at radius 2 is 1.75 bits per heavy atom. The molecule has 1 aliphatic heterocycles. The summed E-state index contributed by atoms with van der Waals surface area (Å²) in [6, 6.07) is 4.07. The van der Waals surface area contributed by atoms with Crippen LogP contribution in [0.3, 0.4) is 0 Å². The molecule has 0 radical (unpaired) electrons. The van der Waals surface area contributed by atoms with E-state index in [-0.39, 0.29) is 18.3 Å². The second-order valence-corrected chi connectivity index (χ2v) is 6.56. The zero-order valence-electron chi connectivity index (χ0n) is 12.8. The largest absolute Gasteiger partial charge is 0.495 e. The molecule has 0 aromatic heterocycles. The Balaban J connectivity index is 2.47. The standard InChI is InChI=1S/C16H21BO2S/c1-7-13-8-12(10-20)9-14(11(13)2)17-18-15(3,4)16(5,6)19-17/h1,8-9,20H,10H2,2-6H3. The SMILES string of the molecule is C#Cc1cc(CS)cc(B2OC(C)(C)C(C)(C)O2)c1C. The number of rotatable bonds is 2. The van der Waals surface area contributed by atoms with Gasteiger partial charge in [-0.25, -0.2) is 0 Å². The van der Waals surface area contributed by atoms with Crippen LogP contribution in [0.25, 0.3) is 0 Å². The molecular weight excluding hydrogens is 267 g/mol. The summed E-state index contributed by atoms with van der Waals surface area (Å²) in [7, 11) is -0.382. The number of benzene rings is 1. The van der Waals surface area contributed by atoms with E-state index < -0.39 is 0 Å². The fourth-order valence-corrected chi connectivity index (χ4v) is 2.44. The van der Waals surface area contributed by atoms with Gasteiger partial charge >= 0.3 is 7.12 Å². The van der Waals surface area contributed by atoms with Gasteiger partial charge in [0, 0.05) is 11.3 Å². The third-order valence-electron chi connectivity index (χ3n) is 4.35. The van der Waals surface area contributed by atoms with Crippen LogP contribution in [-0.2, 0) is 15.1 Å². The first kappa shape index (κ1) is 15.5. The van der Waals surface area contributed by atoms with Crippen molar-refractivity contribution in [2.45, 2.75) is 51.6 Å². The number of hydrogen-bond acceptors (Lipinski definition) is 3. The van der Waals surface area contributed by atoms with Crippen molar-refractivity contribution in [1.82, 2.24) is 0 Å². The number of terminal acetylenes is 1. The van der Waals surface area contributed by atoms with Crippen molar-refractivity contribution in [3.8, 4) is 12.3 Å². The van der Waals surface area contributed by atoms with E-state index in [1.807, 2.05) is 40.7 Å². The van der Waals surface area contributed by atoms with Crippen LogP contribution >= 0.6 is 12.6 Å². The lowest BCUT2D eigenvalue weighted by Gasteiger charge is -2.32. The molecule has 1 aromatic rings. The molecule has 0 unspecified atom stereocenters. The summed E-state index contributed by atoms with van der Waals surface area (Å²) in [5, 5.41) is 0. The Morgan fingerprint density at radius 3 is 2.20 bits per heavy atom. The van der Waals surface area contributed by atoms with Crippen molar-refractivity contribution in [3.05, 3.63) is 28.8 Å². The average molecular weight is 288 g/mol. The van der Waals surface area contributed by atoms with Crippen molar-refractivity contribution in [2.24, 2.45) is 0 Å². The van der Waals surface area contributed by atoms with Gasteiger partial charge in [-0.3, -0.25) is 0 Å². The summed E-state index contributed by atoms with van der Waals surface area (Å²) in [6.07, 6.45) is 5.59. The van der Waals surface area contributed by atoms with Gasteiger partial charge in [0.15, 0.2) is 0 Å². The van der Waals surface area contributed by atoms with E-state index in [4.69, 9.17) is 15.7 Å². The zero-order chi connectivity index (χ0) is 15.1. The summed E-state index contributed by atoms with van der Waals surface area (Å²) < 4.78 is 12.2. The maximum atomic E-state index is 6.11. The van der Waals surface area contributed by atoms with Crippen LogP contribution in [0.1, 0.15) is 44.4 Å². The molecule has 1 fully saturated rings. The smallest absolute Gasteiger partial charge is 0.399 e. The van der Waals surface area contributed by atoms with E-state index in [1.165, 1.54) is 0 Å². The minimum Gasteiger partial charge on any atom is -0.399 e. The molecule has 1 aromatic carbocycles. The van der Waals surface area contributed by atoms with Crippen molar-refractivity contribution < 1.29 is 9.31 Å². The van der Waals surface area contributed by atoms with Crippen LogP contribution in [0.4, 0.5) is 0 Å². The summed E-state index contributed by atoms with van der Waals surface area (Å²) >= 11 is 4.34. The summed E-state index contributed by atoms with van der Waals surface area (Å²) in [4.78, 5) is 0. The predicted octanol–water partition coefficient (Wildman–Crippen LogP) is 2.71. The topological polar surface area (TPSA) is 18.5 Å². The lowest BCUT2D eigenvalue weighted by atomic mass is 9.74. The highest BCUT2D eigenvalue weighted by Crippen LogP contribution is 2.36. The van der Waals surface area contributed by atoms with Gasteiger partial charge in [-0.15, -0.1) is 6.42 Å². The molecule has 0 amide bonds. The minimum atomic E-state index is -0.382. The van der Waals surface area contributed by atoms with Crippen LogP contribution in [0, 0.1) is 19.3 Å². The van der Waals surface area contributed by atoms with Gasteiger partial charge in [-0.05, 0) is 57.3 Å². The van der Waals surface area contributed by atoms with Gasteiger partial charge in [0.05, 0.1) is 11.2 Å². The van der Waals surface area contributed by atoms with Gasteiger partial charge in [0.1, 0.15) is 0 Å². The molecule has 2 nitrogen and oxygen atoms in total. The van der Waals surface area contributed by atoms with Gasteiger partial charge in [0.2, 0.25) is 0 Å². The van der Waals surface area contributed by atoms with Crippen LogP contribution < -0.4 is 5.46 Å². The molecule has 0 bridgehead atoms.